The molecule has 0 aliphatic heterocycles. The molecule has 0 saturated carbocycles. The molecule has 1 rings (SSSR count). The fourth-order valence-electron chi connectivity index (χ4n) is 0.831. The second-order valence-corrected chi connectivity index (χ2v) is 2.53. The van der Waals surface area contributed by atoms with Gasteiger partial charge in [-0.05, 0) is 6.92 Å². The van der Waals surface area contributed by atoms with Gasteiger partial charge in [0.25, 0.3) is 0 Å². The molecule has 1 aromatic rings. The zero-order chi connectivity index (χ0) is 8.97. The van der Waals surface area contributed by atoms with Gasteiger partial charge in [-0.15, -0.1) is 6.58 Å². The van der Waals surface area contributed by atoms with Crippen LogP contribution in [0.3, 0.4) is 0 Å². The first kappa shape index (κ1) is 8.80. The number of aryl methyl sites for hydroxylation is 1. The number of ether oxygens (including phenoxy) is 1. The highest BCUT2D eigenvalue weighted by Crippen LogP contribution is 2.05. The molecule has 0 aliphatic rings. The summed E-state index contributed by atoms with van der Waals surface area (Å²) in [5, 5.41) is 4.02. The standard InChI is InChI=1S/C8H13N3O/c1-3-4-12-6-11-5-7(2)8(9)10-11/h3,5H,1,4,6H2,2H3,(H2,9,10). The average molecular weight is 167 g/mol. The van der Waals surface area contributed by atoms with Crippen molar-refractivity contribution < 1.29 is 4.74 Å². The minimum absolute atomic E-state index is 0.421. The van der Waals surface area contributed by atoms with Crippen LogP contribution in [0.25, 0.3) is 0 Å². The first-order valence-electron chi connectivity index (χ1n) is 3.72. The summed E-state index contributed by atoms with van der Waals surface area (Å²) in [5.74, 6) is 0.553. The summed E-state index contributed by atoms with van der Waals surface area (Å²) in [7, 11) is 0. The maximum Gasteiger partial charge on any atom is 0.148 e. The van der Waals surface area contributed by atoms with Gasteiger partial charge in [0.15, 0.2) is 0 Å². The van der Waals surface area contributed by atoms with E-state index in [4.69, 9.17) is 10.5 Å². The molecule has 0 atom stereocenters. The number of nitrogen functional groups attached to an aromatic ring is 1. The third-order valence-corrected chi connectivity index (χ3v) is 1.44. The van der Waals surface area contributed by atoms with Crippen molar-refractivity contribution in [3.05, 3.63) is 24.4 Å². The molecular formula is C8H13N3O. The molecule has 4 nitrogen and oxygen atoms in total. The van der Waals surface area contributed by atoms with Crippen LogP contribution in [0.4, 0.5) is 5.82 Å². The summed E-state index contributed by atoms with van der Waals surface area (Å²) in [6.45, 7) is 6.39. The summed E-state index contributed by atoms with van der Waals surface area (Å²) in [6.07, 6.45) is 3.54. The molecule has 0 spiro atoms. The van der Waals surface area contributed by atoms with E-state index in [9.17, 15) is 0 Å². The topological polar surface area (TPSA) is 53.1 Å². The van der Waals surface area contributed by atoms with Crippen LogP contribution in [0.1, 0.15) is 5.56 Å². The molecule has 0 fully saturated rings. The predicted octanol–water partition coefficient (Wildman–Crippen LogP) is 0.934. The summed E-state index contributed by atoms with van der Waals surface area (Å²) < 4.78 is 6.82. The number of rotatable bonds is 4. The lowest BCUT2D eigenvalue weighted by Gasteiger charge is -1.99. The van der Waals surface area contributed by atoms with Crippen LogP contribution in [-0.4, -0.2) is 16.4 Å². The van der Waals surface area contributed by atoms with Gasteiger partial charge < -0.3 is 10.5 Å². The predicted molar refractivity (Wildman–Crippen MR) is 47.5 cm³/mol. The van der Waals surface area contributed by atoms with Crippen LogP contribution < -0.4 is 5.73 Å². The molecule has 1 heterocycles. The van der Waals surface area contributed by atoms with Crippen molar-refractivity contribution in [3.63, 3.8) is 0 Å². The average Bonchev–Trinajstić information content (AvgIpc) is 2.32. The van der Waals surface area contributed by atoms with E-state index in [2.05, 4.69) is 11.7 Å². The zero-order valence-corrected chi connectivity index (χ0v) is 7.16. The first-order chi connectivity index (χ1) is 5.74. The van der Waals surface area contributed by atoms with Gasteiger partial charge in [0.2, 0.25) is 0 Å². The third-order valence-electron chi connectivity index (χ3n) is 1.44. The van der Waals surface area contributed by atoms with Gasteiger partial charge in [0, 0.05) is 11.8 Å². The van der Waals surface area contributed by atoms with Gasteiger partial charge in [0.1, 0.15) is 12.5 Å². The maximum atomic E-state index is 5.54. The highest BCUT2D eigenvalue weighted by atomic mass is 16.5. The van der Waals surface area contributed by atoms with Crippen molar-refractivity contribution in [3.8, 4) is 0 Å². The summed E-state index contributed by atoms with van der Waals surface area (Å²) in [6, 6.07) is 0. The van der Waals surface area contributed by atoms with E-state index < -0.39 is 0 Å². The lowest BCUT2D eigenvalue weighted by molar-refractivity contribution is 0.0913. The van der Waals surface area contributed by atoms with Crippen LogP contribution in [0.15, 0.2) is 18.9 Å². The number of aromatic nitrogens is 2. The molecule has 2 N–H and O–H groups in total. The quantitative estimate of drug-likeness (QED) is 0.536. The Bertz CT molecular complexity index is 248. The fourth-order valence-corrected chi connectivity index (χ4v) is 0.831. The van der Waals surface area contributed by atoms with E-state index in [0.29, 0.717) is 19.2 Å². The molecule has 4 heteroatoms. The lowest BCUT2D eigenvalue weighted by atomic mass is 10.4. The minimum Gasteiger partial charge on any atom is -0.382 e. The summed E-state index contributed by atoms with van der Waals surface area (Å²) >= 11 is 0. The number of hydrogen-bond donors (Lipinski definition) is 1. The number of anilines is 1. The SMILES string of the molecule is C=CCOCn1cc(C)c(N)n1. The van der Waals surface area contributed by atoms with E-state index in [1.165, 1.54) is 0 Å². The van der Waals surface area contributed by atoms with Crippen molar-refractivity contribution in [1.82, 2.24) is 9.78 Å². The van der Waals surface area contributed by atoms with Crippen LogP contribution >= 0.6 is 0 Å². The largest absolute Gasteiger partial charge is 0.382 e. The van der Waals surface area contributed by atoms with Crippen LogP contribution in [0.5, 0.6) is 0 Å². The Morgan fingerprint density at radius 3 is 3.08 bits per heavy atom. The minimum atomic E-state index is 0.421. The Balaban J connectivity index is 2.47. The van der Waals surface area contributed by atoms with Gasteiger partial charge in [-0.3, -0.25) is 0 Å². The van der Waals surface area contributed by atoms with Crippen molar-refractivity contribution in [1.29, 1.82) is 0 Å². The highest BCUT2D eigenvalue weighted by Gasteiger charge is 1.98. The lowest BCUT2D eigenvalue weighted by Crippen LogP contribution is -2.03. The Hall–Kier alpha value is -1.29. The van der Waals surface area contributed by atoms with Gasteiger partial charge in [-0.1, -0.05) is 6.08 Å². The first-order valence-corrected chi connectivity index (χ1v) is 3.72. The molecule has 0 aromatic carbocycles. The van der Waals surface area contributed by atoms with E-state index >= 15 is 0 Å². The van der Waals surface area contributed by atoms with Crippen molar-refractivity contribution >= 4 is 5.82 Å². The van der Waals surface area contributed by atoms with E-state index in [-0.39, 0.29) is 0 Å². The van der Waals surface area contributed by atoms with Crippen molar-refractivity contribution in [2.45, 2.75) is 13.7 Å². The second-order valence-electron chi connectivity index (χ2n) is 2.53. The fraction of sp³-hybridized carbons (Fsp3) is 0.375. The zero-order valence-electron chi connectivity index (χ0n) is 7.16. The molecule has 12 heavy (non-hydrogen) atoms. The van der Waals surface area contributed by atoms with E-state index in [1.54, 1.807) is 10.8 Å². The van der Waals surface area contributed by atoms with Crippen LogP contribution in [0.2, 0.25) is 0 Å². The summed E-state index contributed by atoms with van der Waals surface area (Å²) in [5.41, 5.74) is 6.51. The monoisotopic (exact) mass is 167 g/mol. The molecule has 0 saturated heterocycles. The maximum absolute atomic E-state index is 5.54. The van der Waals surface area contributed by atoms with Gasteiger partial charge in [0.05, 0.1) is 6.61 Å². The van der Waals surface area contributed by atoms with E-state index in [0.717, 1.165) is 5.56 Å². The number of hydrogen-bond acceptors (Lipinski definition) is 3. The van der Waals surface area contributed by atoms with Crippen molar-refractivity contribution in [2.75, 3.05) is 12.3 Å². The normalized spacial score (nSPS) is 10.1. The van der Waals surface area contributed by atoms with Crippen LogP contribution in [-0.2, 0) is 11.5 Å². The van der Waals surface area contributed by atoms with Gasteiger partial charge in [-0.2, -0.15) is 5.10 Å². The Morgan fingerprint density at radius 2 is 2.58 bits per heavy atom. The summed E-state index contributed by atoms with van der Waals surface area (Å²) in [4.78, 5) is 0. The molecular weight excluding hydrogens is 154 g/mol. The highest BCUT2D eigenvalue weighted by molar-refractivity contribution is 5.35. The molecule has 0 amide bonds. The van der Waals surface area contributed by atoms with Gasteiger partial charge in [-0.25, -0.2) is 4.68 Å². The second kappa shape index (κ2) is 3.92. The third kappa shape index (κ3) is 2.10. The molecule has 0 aliphatic carbocycles. The molecule has 0 radical (unpaired) electrons. The molecule has 66 valence electrons. The molecule has 0 bridgehead atoms. The van der Waals surface area contributed by atoms with Gasteiger partial charge >= 0.3 is 0 Å². The molecule has 0 unspecified atom stereocenters. The van der Waals surface area contributed by atoms with E-state index in [1.807, 2.05) is 13.1 Å². The smallest absolute Gasteiger partial charge is 0.148 e. The Labute approximate surface area is 71.6 Å². The van der Waals surface area contributed by atoms with Crippen LogP contribution in [0, 0.1) is 6.92 Å². The Morgan fingerprint density at radius 1 is 1.83 bits per heavy atom. The number of nitrogens with two attached hydrogens (primary N) is 1. The molecule has 1 aromatic heterocycles. The van der Waals surface area contributed by atoms with Crippen molar-refractivity contribution in [2.24, 2.45) is 0 Å². The number of nitrogens with zero attached hydrogens (tertiary/aromatic N) is 2. The Kier molecular flexibility index (Phi) is 2.88.